The molecule has 0 aliphatic rings. The number of aryl methyl sites for hydroxylation is 1. The predicted molar refractivity (Wildman–Crippen MR) is 73.9 cm³/mol. The first-order valence-electron chi connectivity index (χ1n) is 6.51. The van der Waals surface area contributed by atoms with Crippen LogP contribution < -0.4 is 4.72 Å². The fourth-order valence-electron chi connectivity index (χ4n) is 1.62. The van der Waals surface area contributed by atoms with Crippen LogP contribution in [0.4, 0.5) is 8.78 Å². The van der Waals surface area contributed by atoms with Gasteiger partial charge in [-0.1, -0.05) is 12.1 Å². The number of rotatable bonds is 10. The lowest BCUT2D eigenvalue weighted by molar-refractivity contribution is 0.0199. The van der Waals surface area contributed by atoms with E-state index in [-0.39, 0.29) is 24.7 Å². The fraction of sp³-hybridized carbons (Fsp3) is 0.538. The lowest BCUT2D eigenvalue weighted by Gasteiger charge is -2.08. The molecule has 1 aromatic rings. The van der Waals surface area contributed by atoms with Crippen LogP contribution in [0, 0.1) is 0 Å². The van der Waals surface area contributed by atoms with Gasteiger partial charge in [-0.25, -0.2) is 21.9 Å². The predicted octanol–water partition coefficient (Wildman–Crippen LogP) is 1.17. The second kappa shape index (κ2) is 9.04. The van der Waals surface area contributed by atoms with E-state index < -0.39 is 23.1 Å². The molecule has 0 spiro atoms. The Balaban J connectivity index is 2.46. The van der Waals surface area contributed by atoms with E-state index in [1.54, 1.807) is 12.1 Å². The number of hydrogen-bond donors (Lipinski definition) is 2. The summed E-state index contributed by atoms with van der Waals surface area (Å²) in [7, 11) is -3.67. The molecule has 120 valence electrons. The van der Waals surface area contributed by atoms with Crippen molar-refractivity contribution in [2.75, 3.05) is 26.4 Å². The quantitative estimate of drug-likeness (QED) is 0.634. The zero-order valence-electron chi connectivity index (χ0n) is 11.5. The molecule has 5 nitrogen and oxygen atoms in total. The first-order valence-corrected chi connectivity index (χ1v) is 7.99. The molecule has 0 fully saturated rings. The summed E-state index contributed by atoms with van der Waals surface area (Å²) in [5.74, 6) is 0. The number of aliphatic hydroxyl groups excluding tert-OH is 1. The number of sulfonamides is 1. The SMILES string of the molecule is O=S(=O)(NCCOCC(F)F)c1ccc(CCCO)cc1. The monoisotopic (exact) mass is 323 g/mol. The van der Waals surface area contributed by atoms with Gasteiger partial charge in [-0.15, -0.1) is 0 Å². The van der Waals surface area contributed by atoms with Gasteiger partial charge >= 0.3 is 0 Å². The smallest absolute Gasteiger partial charge is 0.261 e. The normalized spacial score (nSPS) is 12.0. The number of aliphatic hydroxyl groups is 1. The van der Waals surface area contributed by atoms with Gasteiger partial charge in [0.1, 0.15) is 6.61 Å². The zero-order valence-corrected chi connectivity index (χ0v) is 12.3. The third-order valence-corrected chi connectivity index (χ3v) is 4.12. The van der Waals surface area contributed by atoms with Crippen LogP contribution in [0.15, 0.2) is 29.2 Å². The van der Waals surface area contributed by atoms with Crippen molar-refractivity contribution < 1.29 is 27.0 Å². The van der Waals surface area contributed by atoms with Crippen molar-refractivity contribution in [1.82, 2.24) is 4.72 Å². The molecule has 0 atom stereocenters. The van der Waals surface area contributed by atoms with Crippen LogP contribution in [-0.4, -0.2) is 46.3 Å². The molecule has 1 aromatic carbocycles. The van der Waals surface area contributed by atoms with E-state index in [0.29, 0.717) is 12.8 Å². The van der Waals surface area contributed by atoms with Gasteiger partial charge in [0.15, 0.2) is 0 Å². The summed E-state index contributed by atoms with van der Waals surface area (Å²) in [5, 5.41) is 8.72. The molecule has 0 unspecified atom stereocenters. The number of ether oxygens (including phenoxy) is 1. The van der Waals surface area contributed by atoms with Gasteiger partial charge in [0, 0.05) is 13.2 Å². The van der Waals surface area contributed by atoms with Crippen LogP contribution in [0.3, 0.4) is 0 Å². The molecule has 0 aliphatic heterocycles. The van der Waals surface area contributed by atoms with E-state index >= 15 is 0 Å². The zero-order chi connectivity index (χ0) is 15.7. The highest BCUT2D eigenvalue weighted by molar-refractivity contribution is 7.89. The van der Waals surface area contributed by atoms with Gasteiger partial charge in [-0.2, -0.15) is 0 Å². The highest BCUT2D eigenvalue weighted by Crippen LogP contribution is 2.11. The van der Waals surface area contributed by atoms with Crippen molar-refractivity contribution in [2.24, 2.45) is 0 Å². The van der Waals surface area contributed by atoms with Gasteiger partial charge in [0.2, 0.25) is 10.0 Å². The number of halogens is 2. The summed E-state index contributed by atoms with van der Waals surface area (Å²) in [5.41, 5.74) is 0.934. The van der Waals surface area contributed by atoms with Crippen LogP contribution in [0.5, 0.6) is 0 Å². The summed E-state index contributed by atoms with van der Waals surface area (Å²) in [6.45, 7) is -0.805. The molecule has 0 aliphatic carbocycles. The summed E-state index contributed by atoms with van der Waals surface area (Å²) in [6, 6.07) is 6.29. The molecule has 0 bridgehead atoms. The maximum Gasteiger partial charge on any atom is 0.261 e. The van der Waals surface area contributed by atoms with E-state index in [0.717, 1.165) is 5.56 Å². The van der Waals surface area contributed by atoms with Gasteiger partial charge in [-0.3, -0.25) is 0 Å². The molecule has 0 saturated carbocycles. The highest BCUT2D eigenvalue weighted by Gasteiger charge is 2.13. The van der Waals surface area contributed by atoms with Crippen LogP contribution in [0.1, 0.15) is 12.0 Å². The summed E-state index contributed by atoms with van der Waals surface area (Å²) in [4.78, 5) is 0.101. The molecule has 0 radical (unpaired) electrons. The van der Waals surface area contributed by atoms with E-state index in [2.05, 4.69) is 9.46 Å². The van der Waals surface area contributed by atoms with Gasteiger partial charge in [-0.05, 0) is 30.5 Å². The Hall–Kier alpha value is -1.09. The molecule has 8 heteroatoms. The number of alkyl halides is 2. The molecule has 1 rings (SSSR count). The topological polar surface area (TPSA) is 75.6 Å². The van der Waals surface area contributed by atoms with Gasteiger partial charge < -0.3 is 9.84 Å². The Bertz CT molecular complexity index is 505. The standard InChI is InChI=1S/C13H19F2NO4S/c14-13(15)10-20-9-7-16-21(18,19)12-5-3-11(4-6-12)2-1-8-17/h3-6,13,16-17H,1-2,7-10H2. The Labute approximate surface area is 123 Å². The van der Waals surface area contributed by atoms with E-state index in [1.165, 1.54) is 12.1 Å². The number of hydrogen-bond acceptors (Lipinski definition) is 4. The number of nitrogens with one attached hydrogen (secondary N) is 1. The molecule has 0 saturated heterocycles. The van der Waals surface area contributed by atoms with Crippen molar-refractivity contribution in [2.45, 2.75) is 24.2 Å². The third-order valence-electron chi connectivity index (χ3n) is 2.64. The van der Waals surface area contributed by atoms with Crippen LogP contribution >= 0.6 is 0 Å². The lowest BCUT2D eigenvalue weighted by Crippen LogP contribution is -2.28. The fourth-order valence-corrected chi connectivity index (χ4v) is 2.64. The van der Waals surface area contributed by atoms with Crippen LogP contribution in [0.25, 0.3) is 0 Å². The molecule has 0 amide bonds. The molecular weight excluding hydrogens is 304 g/mol. The van der Waals surface area contributed by atoms with Crippen molar-refractivity contribution in [3.63, 3.8) is 0 Å². The molecule has 21 heavy (non-hydrogen) atoms. The highest BCUT2D eigenvalue weighted by atomic mass is 32.2. The van der Waals surface area contributed by atoms with Crippen LogP contribution in [0.2, 0.25) is 0 Å². The third kappa shape index (κ3) is 6.94. The average Bonchev–Trinajstić information content (AvgIpc) is 2.44. The van der Waals surface area contributed by atoms with Crippen molar-refractivity contribution in [3.8, 4) is 0 Å². The van der Waals surface area contributed by atoms with Gasteiger partial charge in [0.25, 0.3) is 6.43 Å². The van der Waals surface area contributed by atoms with E-state index in [9.17, 15) is 17.2 Å². The summed E-state index contributed by atoms with van der Waals surface area (Å²) >= 11 is 0. The minimum absolute atomic E-state index is 0.0681. The van der Waals surface area contributed by atoms with Gasteiger partial charge in [0.05, 0.1) is 11.5 Å². The molecule has 0 heterocycles. The van der Waals surface area contributed by atoms with Crippen molar-refractivity contribution in [1.29, 1.82) is 0 Å². The minimum Gasteiger partial charge on any atom is -0.396 e. The maximum atomic E-state index is 11.9. The number of benzene rings is 1. The first kappa shape index (κ1) is 18.0. The first-order chi connectivity index (χ1) is 9.95. The molecular formula is C13H19F2NO4S. The van der Waals surface area contributed by atoms with E-state index in [1.807, 2.05) is 0 Å². The maximum absolute atomic E-state index is 11.9. The molecule has 2 N–H and O–H groups in total. The summed E-state index contributed by atoms with van der Waals surface area (Å²) < 4.78 is 54.3. The average molecular weight is 323 g/mol. The second-order valence-electron chi connectivity index (χ2n) is 4.33. The largest absolute Gasteiger partial charge is 0.396 e. The Morgan fingerprint density at radius 2 is 1.90 bits per heavy atom. The Morgan fingerprint density at radius 3 is 2.48 bits per heavy atom. The van der Waals surface area contributed by atoms with E-state index in [4.69, 9.17) is 5.11 Å². The van der Waals surface area contributed by atoms with Crippen molar-refractivity contribution >= 4 is 10.0 Å². The molecule has 0 aromatic heterocycles. The Morgan fingerprint density at radius 1 is 1.24 bits per heavy atom. The minimum atomic E-state index is -3.67. The Kier molecular flexibility index (Phi) is 7.73. The second-order valence-corrected chi connectivity index (χ2v) is 6.10. The van der Waals surface area contributed by atoms with Crippen LogP contribution in [-0.2, 0) is 21.2 Å². The summed E-state index contributed by atoms with van der Waals surface area (Å²) in [6.07, 6.45) is -1.27. The van der Waals surface area contributed by atoms with Crippen molar-refractivity contribution in [3.05, 3.63) is 29.8 Å². The lowest BCUT2D eigenvalue weighted by atomic mass is 10.1.